The Morgan fingerprint density at radius 1 is 1.26 bits per heavy atom. The number of amides is 1. The van der Waals surface area contributed by atoms with Crippen molar-refractivity contribution in [1.82, 2.24) is 25.1 Å². The molecule has 1 amide bonds. The van der Waals surface area contributed by atoms with Crippen molar-refractivity contribution in [3.63, 3.8) is 0 Å². The topological polar surface area (TPSA) is 143 Å². The van der Waals surface area contributed by atoms with E-state index in [9.17, 15) is 19.8 Å². The van der Waals surface area contributed by atoms with E-state index in [1.165, 1.54) is 40.2 Å². The Labute approximate surface area is 236 Å². The lowest BCUT2D eigenvalue weighted by molar-refractivity contribution is -0.182. The van der Waals surface area contributed by atoms with Gasteiger partial charge in [-0.05, 0) is 44.5 Å². The van der Waals surface area contributed by atoms with Crippen molar-refractivity contribution < 1.29 is 24.5 Å². The number of ether oxygens (including phenoxy) is 1. The maximum Gasteiger partial charge on any atom is 0.352 e. The number of rotatable bonds is 7. The van der Waals surface area contributed by atoms with E-state index in [1.54, 1.807) is 13.3 Å². The maximum absolute atomic E-state index is 13.5. The summed E-state index contributed by atoms with van der Waals surface area (Å²) in [5.74, 6) is -0.763. The summed E-state index contributed by atoms with van der Waals surface area (Å²) < 4.78 is 7.19. The van der Waals surface area contributed by atoms with Crippen molar-refractivity contribution in [2.24, 2.45) is 12.0 Å². The van der Waals surface area contributed by atoms with Gasteiger partial charge in [0.05, 0.1) is 0 Å². The first-order valence-electron chi connectivity index (χ1n) is 12.4. The summed E-state index contributed by atoms with van der Waals surface area (Å²) in [5.41, 5.74) is 0.595. The minimum atomic E-state index is -1.56. The fourth-order valence-electron chi connectivity index (χ4n) is 4.58. The van der Waals surface area contributed by atoms with E-state index in [1.807, 2.05) is 53.7 Å². The number of hydrogen-bond donors (Lipinski definition) is 2. The molecule has 0 saturated carbocycles. The third-order valence-electron chi connectivity index (χ3n) is 6.71. The molecular weight excluding hydrogens is 540 g/mol. The molecule has 210 valence electrons. The van der Waals surface area contributed by atoms with Gasteiger partial charge in [-0.1, -0.05) is 53.3 Å². The summed E-state index contributed by atoms with van der Waals surface area (Å²) in [7, 11) is 3.11. The average Bonchev–Trinajstić information content (AvgIpc) is 3.26. The summed E-state index contributed by atoms with van der Waals surface area (Å²) >= 11 is 2.71. The van der Waals surface area contributed by atoms with Crippen molar-refractivity contribution in [2.75, 3.05) is 18.6 Å². The van der Waals surface area contributed by atoms with Crippen molar-refractivity contribution in [3.8, 4) is 5.75 Å². The van der Waals surface area contributed by atoms with E-state index in [4.69, 9.17) is 4.74 Å². The van der Waals surface area contributed by atoms with Crippen LogP contribution in [0.5, 0.6) is 5.75 Å². The third-order valence-corrected chi connectivity index (χ3v) is 9.17. The number of hydrogen-bond acceptors (Lipinski definition) is 10. The Morgan fingerprint density at radius 2 is 1.87 bits per heavy atom. The molecule has 1 aromatic heterocycles. The zero-order valence-corrected chi connectivity index (χ0v) is 25.0. The quantitative estimate of drug-likeness (QED) is 0.287. The largest absolute Gasteiger partial charge is 0.507 e. The molecule has 2 N–H and O–H groups in total. The van der Waals surface area contributed by atoms with Gasteiger partial charge in [-0.25, -0.2) is 14.5 Å². The SMILES string of the molecule is CO[C@@]1(N=Cc2cc(C(C)(C)C)c(O)c(C(C)(C)C)c2)C(=O)N2C(C(=O)O)=C(CSc3nnnn3C)CSC21. The number of tetrazole rings is 1. The first-order valence-corrected chi connectivity index (χ1v) is 14.4. The zero-order chi connectivity index (χ0) is 28.9. The predicted octanol–water partition coefficient (Wildman–Crippen LogP) is 3.32. The number of nitrogens with zero attached hydrogens (tertiary/aromatic N) is 6. The summed E-state index contributed by atoms with van der Waals surface area (Å²) in [6.45, 7) is 12.1. The Hall–Kier alpha value is -2.90. The number of fused-ring (bicyclic) bond motifs is 1. The van der Waals surface area contributed by atoms with Crippen LogP contribution in [0, 0.1) is 0 Å². The molecule has 2 aliphatic rings. The average molecular weight is 575 g/mol. The number of aryl methyl sites for hydroxylation is 1. The van der Waals surface area contributed by atoms with Gasteiger partial charge in [0.2, 0.25) is 5.16 Å². The lowest BCUT2D eigenvalue weighted by atomic mass is 9.78. The molecule has 1 aromatic carbocycles. The van der Waals surface area contributed by atoms with Crippen LogP contribution in [-0.4, -0.2) is 83.1 Å². The third kappa shape index (κ3) is 5.19. The molecule has 13 heteroatoms. The molecule has 0 spiro atoms. The lowest BCUT2D eigenvalue weighted by Crippen LogP contribution is -2.73. The maximum atomic E-state index is 13.5. The smallest absolute Gasteiger partial charge is 0.352 e. The summed E-state index contributed by atoms with van der Waals surface area (Å²) in [5, 5.41) is 32.3. The van der Waals surface area contributed by atoms with Crippen LogP contribution in [0.3, 0.4) is 0 Å². The van der Waals surface area contributed by atoms with Gasteiger partial charge in [0.15, 0.2) is 0 Å². The molecule has 3 heterocycles. The van der Waals surface area contributed by atoms with Gasteiger partial charge >= 0.3 is 5.97 Å². The predicted molar refractivity (Wildman–Crippen MR) is 150 cm³/mol. The molecule has 39 heavy (non-hydrogen) atoms. The molecule has 1 saturated heterocycles. The van der Waals surface area contributed by atoms with Gasteiger partial charge in [-0.15, -0.1) is 16.9 Å². The van der Waals surface area contributed by atoms with Crippen LogP contribution >= 0.6 is 23.5 Å². The Bertz CT molecular complexity index is 1340. The van der Waals surface area contributed by atoms with Crippen LogP contribution in [-0.2, 0) is 32.2 Å². The number of thioether (sulfide) groups is 2. The number of benzene rings is 1. The van der Waals surface area contributed by atoms with Gasteiger partial charge in [-0.2, -0.15) is 0 Å². The highest BCUT2D eigenvalue weighted by molar-refractivity contribution is 8.01. The second kappa shape index (κ2) is 10.3. The number of phenols is 1. The number of carbonyl (C=O) groups is 2. The van der Waals surface area contributed by atoms with Gasteiger partial charge < -0.3 is 14.9 Å². The number of β-lactam (4-membered cyclic amide) rings is 1. The van der Waals surface area contributed by atoms with Crippen molar-refractivity contribution in [3.05, 3.63) is 40.1 Å². The number of aliphatic imine (C=N–C) groups is 1. The number of aromatic hydroxyl groups is 1. The van der Waals surface area contributed by atoms with E-state index >= 15 is 0 Å². The first kappa shape index (κ1) is 29.1. The van der Waals surface area contributed by atoms with E-state index in [-0.39, 0.29) is 22.3 Å². The van der Waals surface area contributed by atoms with Crippen molar-refractivity contribution in [2.45, 2.75) is 68.6 Å². The molecule has 1 fully saturated rings. The molecule has 0 radical (unpaired) electrons. The van der Waals surface area contributed by atoms with Gasteiger partial charge in [0.1, 0.15) is 16.8 Å². The van der Waals surface area contributed by atoms with E-state index in [2.05, 4.69) is 20.5 Å². The number of methoxy groups -OCH3 is 1. The second-order valence-corrected chi connectivity index (χ2v) is 13.6. The Balaban J connectivity index is 1.67. The fourth-order valence-corrected chi connectivity index (χ4v) is 7.00. The number of carboxylic acid groups (broad SMARTS) is 1. The number of aliphatic carboxylic acids is 1. The highest BCUT2D eigenvalue weighted by Gasteiger charge is 2.66. The number of phenolic OH excluding ortho intramolecular Hbond substituents is 1. The van der Waals surface area contributed by atoms with Crippen molar-refractivity contribution >= 4 is 41.6 Å². The number of carbonyl (C=O) groups excluding carboxylic acids is 1. The number of aromatic nitrogens is 4. The standard InChI is InChI=1S/C26H34N6O5S2/c1-24(2,3)16-9-14(10-17(19(16)33)25(4,5)6)11-27-26(37-8)21(36)32-18(20(34)35)15(12-38-22(26)32)13-39-23-28-29-30-31(23)7/h9-11,22,33H,12-13H2,1-8H3,(H,34,35)/t22?,26-/m0/s1. The Morgan fingerprint density at radius 3 is 2.36 bits per heavy atom. The molecule has 2 aliphatic heterocycles. The Kier molecular flexibility index (Phi) is 7.65. The summed E-state index contributed by atoms with van der Waals surface area (Å²) in [6.07, 6.45) is 1.58. The normalized spacial score (nSPS) is 21.9. The molecule has 11 nitrogen and oxygen atoms in total. The molecule has 1 unspecified atom stereocenters. The molecule has 0 bridgehead atoms. The monoisotopic (exact) mass is 574 g/mol. The molecule has 4 rings (SSSR count). The highest BCUT2D eigenvalue weighted by Crippen LogP contribution is 2.49. The second-order valence-electron chi connectivity index (χ2n) is 11.6. The molecule has 0 aliphatic carbocycles. The lowest BCUT2D eigenvalue weighted by Gasteiger charge is -2.53. The highest BCUT2D eigenvalue weighted by atomic mass is 32.2. The van der Waals surface area contributed by atoms with Crippen LogP contribution in [0.25, 0.3) is 0 Å². The van der Waals surface area contributed by atoms with Crippen LogP contribution in [0.15, 0.2) is 33.6 Å². The zero-order valence-electron chi connectivity index (χ0n) is 23.3. The van der Waals surface area contributed by atoms with Crippen LogP contribution in [0.1, 0.15) is 58.2 Å². The van der Waals surface area contributed by atoms with Gasteiger partial charge in [0.25, 0.3) is 11.6 Å². The minimum absolute atomic E-state index is 0.0519. The summed E-state index contributed by atoms with van der Waals surface area (Å²) in [4.78, 5) is 31.7. The summed E-state index contributed by atoms with van der Waals surface area (Å²) in [6, 6.07) is 3.73. The van der Waals surface area contributed by atoms with Crippen molar-refractivity contribution in [1.29, 1.82) is 0 Å². The van der Waals surface area contributed by atoms with Gasteiger partial charge in [0, 0.05) is 43.0 Å². The van der Waals surface area contributed by atoms with Crippen LogP contribution < -0.4 is 0 Å². The molecular formula is C26H34N6O5S2. The van der Waals surface area contributed by atoms with E-state index in [0.717, 1.165) is 16.7 Å². The van der Waals surface area contributed by atoms with Gasteiger partial charge in [-0.3, -0.25) is 9.69 Å². The van der Waals surface area contributed by atoms with Crippen LogP contribution in [0.4, 0.5) is 0 Å². The van der Waals surface area contributed by atoms with E-state index in [0.29, 0.717) is 22.2 Å². The fraction of sp³-hybridized carbons (Fsp3) is 0.538. The number of carboxylic acids is 1. The molecule has 2 atom stereocenters. The first-order chi connectivity index (χ1) is 18.1. The molecule has 2 aromatic rings. The van der Waals surface area contributed by atoms with E-state index < -0.39 is 23.0 Å². The minimum Gasteiger partial charge on any atom is -0.507 e. The van der Waals surface area contributed by atoms with Crippen LogP contribution in [0.2, 0.25) is 0 Å².